The Hall–Kier alpha value is -0.410. The lowest BCUT2D eigenvalue weighted by molar-refractivity contribution is -0.120. The van der Waals surface area contributed by atoms with Gasteiger partial charge in [0.1, 0.15) is 5.78 Å². The number of ketones is 1. The van der Waals surface area contributed by atoms with Crippen LogP contribution in [0.3, 0.4) is 0 Å². The number of carbonyl (C=O) groups excluding carboxylic acids is 1. The normalized spacial score (nSPS) is 13.2. The number of rotatable bonds is 4. The molecule has 0 aromatic rings. The molecule has 0 spiro atoms. The second kappa shape index (κ2) is 4.47. The van der Waals surface area contributed by atoms with E-state index in [0.29, 0.717) is 13.0 Å². The van der Waals surface area contributed by atoms with Crippen molar-refractivity contribution >= 4 is 5.78 Å². The molecule has 1 atom stereocenters. The second-order valence-electron chi connectivity index (χ2n) is 2.15. The van der Waals surface area contributed by atoms with Crippen molar-refractivity contribution in [3.63, 3.8) is 0 Å². The molecule has 0 saturated carbocycles. The minimum absolute atomic E-state index is 0.0976. The first-order chi connectivity index (χ1) is 4.18. The summed E-state index contributed by atoms with van der Waals surface area (Å²) in [4.78, 5) is 10.7. The molecule has 9 heavy (non-hydrogen) atoms. The van der Waals surface area contributed by atoms with Crippen LogP contribution in [0, 0.1) is 0 Å². The van der Waals surface area contributed by atoms with Gasteiger partial charge >= 0.3 is 0 Å². The van der Waals surface area contributed by atoms with Crippen molar-refractivity contribution in [3.05, 3.63) is 0 Å². The Morgan fingerprint density at radius 3 is 2.56 bits per heavy atom. The summed E-state index contributed by atoms with van der Waals surface area (Å²) in [5.74, 6) is 0.0976. The fourth-order valence-electron chi connectivity index (χ4n) is 0.504. The van der Waals surface area contributed by atoms with Crippen LogP contribution in [0.15, 0.2) is 0 Å². The minimum Gasteiger partial charge on any atom is -0.330 e. The standard InChI is InChI=1S/C6H14N2O/c1-5(8)6(9)3-2-4-7/h5H,2-4,7-8H2,1H3/t5-/m0/s1. The van der Waals surface area contributed by atoms with Gasteiger partial charge in [0, 0.05) is 6.42 Å². The van der Waals surface area contributed by atoms with Gasteiger partial charge in [-0.05, 0) is 19.9 Å². The van der Waals surface area contributed by atoms with Crippen LogP contribution in [0.5, 0.6) is 0 Å². The van der Waals surface area contributed by atoms with Crippen LogP contribution in [0.2, 0.25) is 0 Å². The zero-order chi connectivity index (χ0) is 7.28. The first kappa shape index (κ1) is 8.59. The molecule has 0 saturated heterocycles. The van der Waals surface area contributed by atoms with E-state index in [-0.39, 0.29) is 11.8 Å². The summed E-state index contributed by atoms with van der Waals surface area (Å²) in [6.07, 6.45) is 1.27. The molecule has 0 unspecified atom stereocenters. The molecule has 0 amide bonds. The van der Waals surface area contributed by atoms with Crippen LogP contribution in [-0.2, 0) is 4.79 Å². The van der Waals surface area contributed by atoms with Crippen molar-refractivity contribution < 1.29 is 4.79 Å². The van der Waals surface area contributed by atoms with E-state index in [1.54, 1.807) is 6.92 Å². The molecular formula is C6H14N2O. The quantitative estimate of drug-likeness (QED) is 0.546. The lowest BCUT2D eigenvalue weighted by Gasteiger charge is -2.00. The Morgan fingerprint density at radius 2 is 2.22 bits per heavy atom. The Labute approximate surface area is 55.4 Å². The summed E-state index contributed by atoms with van der Waals surface area (Å²) in [6.45, 7) is 2.26. The first-order valence-electron chi connectivity index (χ1n) is 3.17. The highest BCUT2D eigenvalue weighted by atomic mass is 16.1. The predicted molar refractivity (Wildman–Crippen MR) is 36.9 cm³/mol. The highest BCUT2D eigenvalue weighted by molar-refractivity contribution is 5.83. The van der Waals surface area contributed by atoms with E-state index in [4.69, 9.17) is 11.5 Å². The Kier molecular flexibility index (Phi) is 4.26. The van der Waals surface area contributed by atoms with Crippen molar-refractivity contribution in [2.24, 2.45) is 11.5 Å². The second-order valence-corrected chi connectivity index (χ2v) is 2.15. The summed E-state index contributed by atoms with van der Waals surface area (Å²) in [7, 11) is 0. The Bertz CT molecular complexity index is 91.1. The van der Waals surface area contributed by atoms with E-state index in [0.717, 1.165) is 6.42 Å². The van der Waals surface area contributed by atoms with E-state index >= 15 is 0 Å². The molecule has 0 aromatic heterocycles. The highest BCUT2D eigenvalue weighted by Gasteiger charge is 2.04. The maximum atomic E-state index is 10.7. The number of nitrogens with two attached hydrogens (primary N) is 2. The number of hydrogen-bond donors (Lipinski definition) is 2. The summed E-state index contributed by atoms with van der Waals surface area (Å²) < 4.78 is 0. The van der Waals surface area contributed by atoms with Gasteiger partial charge in [-0.3, -0.25) is 4.79 Å². The highest BCUT2D eigenvalue weighted by Crippen LogP contribution is 1.90. The van der Waals surface area contributed by atoms with E-state index < -0.39 is 0 Å². The van der Waals surface area contributed by atoms with Gasteiger partial charge in [0.25, 0.3) is 0 Å². The van der Waals surface area contributed by atoms with Gasteiger partial charge in [-0.2, -0.15) is 0 Å². The molecule has 0 fully saturated rings. The molecule has 0 aromatic carbocycles. The zero-order valence-corrected chi connectivity index (χ0v) is 5.76. The molecule has 0 bridgehead atoms. The van der Waals surface area contributed by atoms with Crippen LogP contribution in [0.1, 0.15) is 19.8 Å². The fourth-order valence-corrected chi connectivity index (χ4v) is 0.504. The SMILES string of the molecule is C[C@H](N)C(=O)CCCN. The zero-order valence-electron chi connectivity index (χ0n) is 5.76. The van der Waals surface area contributed by atoms with E-state index in [2.05, 4.69) is 0 Å². The molecule has 3 heteroatoms. The van der Waals surface area contributed by atoms with Gasteiger partial charge in [-0.1, -0.05) is 0 Å². The molecule has 0 aliphatic carbocycles. The predicted octanol–water partition coefficient (Wildman–Crippen LogP) is -0.358. The molecule has 0 aliphatic rings. The third-order valence-corrected chi connectivity index (χ3v) is 1.14. The number of carbonyl (C=O) groups is 1. The van der Waals surface area contributed by atoms with Gasteiger partial charge in [-0.15, -0.1) is 0 Å². The van der Waals surface area contributed by atoms with Gasteiger partial charge in [0.2, 0.25) is 0 Å². The summed E-state index contributed by atoms with van der Waals surface area (Å²) in [5, 5.41) is 0. The molecule has 54 valence electrons. The Morgan fingerprint density at radius 1 is 1.67 bits per heavy atom. The molecule has 0 heterocycles. The maximum absolute atomic E-state index is 10.7. The van der Waals surface area contributed by atoms with E-state index in [1.165, 1.54) is 0 Å². The maximum Gasteiger partial charge on any atom is 0.149 e. The van der Waals surface area contributed by atoms with Crippen molar-refractivity contribution in [2.75, 3.05) is 6.54 Å². The molecule has 0 rings (SSSR count). The molecule has 0 radical (unpaired) electrons. The third kappa shape index (κ3) is 4.12. The van der Waals surface area contributed by atoms with Crippen LogP contribution in [-0.4, -0.2) is 18.4 Å². The minimum atomic E-state index is -0.323. The van der Waals surface area contributed by atoms with Crippen LogP contribution in [0.4, 0.5) is 0 Å². The van der Waals surface area contributed by atoms with Crippen molar-refractivity contribution in [1.29, 1.82) is 0 Å². The molecule has 4 N–H and O–H groups in total. The number of hydrogen-bond acceptors (Lipinski definition) is 3. The number of Topliss-reactive ketones (excluding diaryl/α,β-unsaturated/α-hetero) is 1. The van der Waals surface area contributed by atoms with Gasteiger partial charge in [0.05, 0.1) is 6.04 Å². The smallest absolute Gasteiger partial charge is 0.149 e. The first-order valence-corrected chi connectivity index (χ1v) is 3.17. The molecule has 3 nitrogen and oxygen atoms in total. The fraction of sp³-hybridized carbons (Fsp3) is 0.833. The summed E-state index contributed by atoms with van der Waals surface area (Å²) >= 11 is 0. The van der Waals surface area contributed by atoms with Crippen molar-refractivity contribution in [3.8, 4) is 0 Å². The monoisotopic (exact) mass is 130 g/mol. The lowest BCUT2D eigenvalue weighted by atomic mass is 10.1. The average Bonchev–Trinajstić information content (AvgIpc) is 1.82. The van der Waals surface area contributed by atoms with Gasteiger partial charge in [0.15, 0.2) is 0 Å². The molecule has 0 aliphatic heterocycles. The van der Waals surface area contributed by atoms with Gasteiger partial charge in [-0.25, -0.2) is 0 Å². The lowest BCUT2D eigenvalue weighted by Crippen LogP contribution is -2.26. The average molecular weight is 130 g/mol. The summed E-state index contributed by atoms with van der Waals surface area (Å²) in [5.41, 5.74) is 10.5. The topological polar surface area (TPSA) is 69.1 Å². The largest absolute Gasteiger partial charge is 0.330 e. The molecular weight excluding hydrogens is 116 g/mol. The van der Waals surface area contributed by atoms with Crippen molar-refractivity contribution in [2.45, 2.75) is 25.8 Å². The van der Waals surface area contributed by atoms with Crippen molar-refractivity contribution in [1.82, 2.24) is 0 Å². The van der Waals surface area contributed by atoms with Gasteiger partial charge < -0.3 is 11.5 Å². The van der Waals surface area contributed by atoms with Crippen LogP contribution >= 0.6 is 0 Å². The van der Waals surface area contributed by atoms with Crippen LogP contribution in [0.25, 0.3) is 0 Å². The van der Waals surface area contributed by atoms with E-state index in [9.17, 15) is 4.79 Å². The Balaban J connectivity index is 3.28. The van der Waals surface area contributed by atoms with E-state index in [1.807, 2.05) is 0 Å². The van der Waals surface area contributed by atoms with Crippen LogP contribution < -0.4 is 11.5 Å². The summed E-state index contributed by atoms with van der Waals surface area (Å²) in [6, 6.07) is -0.323. The third-order valence-electron chi connectivity index (χ3n) is 1.14.